The molecule has 0 aliphatic carbocycles. The molecule has 0 amide bonds. The molecule has 0 spiro atoms. The Morgan fingerprint density at radius 2 is 1.50 bits per heavy atom. The molecule has 0 aliphatic rings. The average molecular weight is 148 g/mol. The Morgan fingerprint density at radius 3 is 1.50 bits per heavy atom. The Balaban J connectivity index is 0. The molecular formula is C3H10NaO3P. The maximum atomic E-state index is 10.5. The molecule has 0 radical (unpaired) electrons. The second-order valence-electron chi connectivity index (χ2n) is 1.14. The van der Waals surface area contributed by atoms with Crippen molar-refractivity contribution >= 4 is 37.2 Å². The van der Waals surface area contributed by atoms with Gasteiger partial charge in [0.25, 0.3) is 0 Å². The quantitative estimate of drug-likeness (QED) is 0.421. The number of hydrogen-bond acceptors (Lipinski definition) is 3. The van der Waals surface area contributed by atoms with Gasteiger partial charge in [0.15, 0.2) is 0 Å². The summed E-state index contributed by atoms with van der Waals surface area (Å²) in [5.74, 6) is 0. The van der Waals surface area contributed by atoms with Gasteiger partial charge in [0.05, 0.1) is 0 Å². The van der Waals surface area contributed by atoms with Crippen LogP contribution in [0, 0.1) is 0 Å². The van der Waals surface area contributed by atoms with Crippen molar-refractivity contribution in [2.75, 3.05) is 20.9 Å². The normalized spacial score (nSPS) is 10.4. The third-order valence-corrected chi connectivity index (χ3v) is 1.99. The van der Waals surface area contributed by atoms with Crippen LogP contribution in [0.15, 0.2) is 0 Å². The third kappa shape index (κ3) is 5.29. The van der Waals surface area contributed by atoms with Crippen molar-refractivity contribution in [3.05, 3.63) is 0 Å². The summed E-state index contributed by atoms with van der Waals surface area (Å²) in [6.45, 7) is 1.41. The molecule has 0 aromatic rings. The van der Waals surface area contributed by atoms with Gasteiger partial charge in [-0.2, -0.15) is 0 Å². The summed E-state index contributed by atoms with van der Waals surface area (Å²) in [5, 5.41) is 0. The van der Waals surface area contributed by atoms with Gasteiger partial charge in [-0.05, 0) is 0 Å². The molecule has 0 N–H and O–H groups in total. The second kappa shape index (κ2) is 4.98. The number of hydrogen-bond donors (Lipinski definition) is 0. The summed E-state index contributed by atoms with van der Waals surface area (Å²) >= 11 is 0. The topological polar surface area (TPSA) is 35.5 Å². The maximum absolute atomic E-state index is 10.5. The van der Waals surface area contributed by atoms with E-state index in [0.717, 1.165) is 0 Å². The van der Waals surface area contributed by atoms with Gasteiger partial charge in [0.1, 0.15) is 0 Å². The van der Waals surface area contributed by atoms with Crippen LogP contribution in [0.1, 0.15) is 0 Å². The van der Waals surface area contributed by atoms with E-state index in [1.807, 2.05) is 0 Å². The molecule has 0 unspecified atom stereocenters. The van der Waals surface area contributed by atoms with E-state index >= 15 is 0 Å². The van der Waals surface area contributed by atoms with Gasteiger partial charge in [0.2, 0.25) is 0 Å². The zero-order valence-electron chi connectivity index (χ0n) is 4.67. The first kappa shape index (κ1) is 11.9. The van der Waals surface area contributed by atoms with Gasteiger partial charge < -0.3 is 9.05 Å². The van der Waals surface area contributed by atoms with Crippen LogP contribution in [0.4, 0.5) is 0 Å². The Labute approximate surface area is 71.6 Å². The predicted octanol–water partition coefficient (Wildman–Crippen LogP) is 0.454. The molecule has 0 aromatic heterocycles. The molecule has 8 heavy (non-hydrogen) atoms. The first-order valence-corrected chi connectivity index (χ1v) is 3.80. The van der Waals surface area contributed by atoms with E-state index in [-0.39, 0.29) is 29.6 Å². The zero-order chi connectivity index (χ0) is 5.91. The van der Waals surface area contributed by atoms with E-state index < -0.39 is 7.60 Å². The first-order valence-electron chi connectivity index (χ1n) is 1.81. The average Bonchev–Trinajstić information content (AvgIpc) is 1.68. The molecule has 0 aliphatic heterocycles. The first-order chi connectivity index (χ1) is 3.12. The summed E-state index contributed by atoms with van der Waals surface area (Å²) in [6, 6.07) is 0. The van der Waals surface area contributed by atoms with Crippen LogP contribution in [0.25, 0.3) is 0 Å². The molecular weight excluding hydrogens is 138 g/mol. The Hall–Kier alpha value is 1.15. The summed E-state index contributed by atoms with van der Waals surface area (Å²) < 4.78 is 19.3. The van der Waals surface area contributed by atoms with Gasteiger partial charge in [-0.3, -0.25) is 4.57 Å². The van der Waals surface area contributed by atoms with Crippen molar-refractivity contribution < 1.29 is 13.6 Å². The summed E-state index contributed by atoms with van der Waals surface area (Å²) in [4.78, 5) is 0. The van der Waals surface area contributed by atoms with E-state index in [1.165, 1.54) is 20.9 Å². The van der Waals surface area contributed by atoms with Crippen molar-refractivity contribution in [1.29, 1.82) is 0 Å². The minimum absolute atomic E-state index is 0. The molecule has 0 atom stereocenters. The van der Waals surface area contributed by atoms with Crippen molar-refractivity contribution in [2.45, 2.75) is 0 Å². The van der Waals surface area contributed by atoms with Crippen LogP contribution in [0.2, 0.25) is 0 Å². The molecule has 0 aromatic carbocycles. The summed E-state index contributed by atoms with van der Waals surface area (Å²) in [6.07, 6.45) is 0. The van der Waals surface area contributed by atoms with E-state index in [4.69, 9.17) is 0 Å². The van der Waals surface area contributed by atoms with Crippen LogP contribution in [0.5, 0.6) is 0 Å². The zero-order valence-corrected chi connectivity index (χ0v) is 5.57. The van der Waals surface area contributed by atoms with Crippen molar-refractivity contribution in [1.82, 2.24) is 0 Å². The minimum atomic E-state index is -2.65. The molecule has 46 valence electrons. The van der Waals surface area contributed by atoms with E-state index in [1.54, 1.807) is 0 Å². The van der Waals surface area contributed by atoms with Crippen LogP contribution in [-0.2, 0) is 13.6 Å². The fourth-order valence-electron chi connectivity index (χ4n) is 0.0745. The predicted molar refractivity (Wildman–Crippen MR) is 34.7 cm³/mol. The van der Waals surface area contributed by atoms with Gasteiger partial charge >= 0.3 is 37.2 Å². The van der Waals surface area contributed by atoms with Crippen molar-refractivity contribution in [3.8, 4) is 0 Å². The second-order valence-corrected chi connectivity index (χ2v) is 3.41. The van der Waals surface area contributed by atoms with Crippen molar-refractivity contribution in [2.24, 2.45) is 0 Å². The molecule has 0 saturated carbocycles. The van der Waals surface area contributed by atoms with Gasteiger partial charge in [-0.15, -0.1) is 0 Å². The fourth-order valence-corrected chi connectivity index (χ4v) is 0.224. The van der Waals surface area contributed by atoms with Gasteiger partial charge in [-0.25, -0.2) is 0 Å². The van der Waals surface area contributed by atoms with Gasteiger partial charge in [0, 0.05) is 20.9 Å². The third-order valence-electron chi connectivity index (χ3n) is 0.663. The molecule has 0 saturated heterocycles. The standard InChI is InChI=1S/C3H9O3P.Na.H/c1-5-7(3,4)6-2;;/h1-3H3;;. The van der Waals surface area contributed by atoms with Crippen LogP contribution in [-0.4, -0.2) is 50.4 Å². The molecule has 0 bridgehead atoms. The molecule has 0 rings (SSSR count). The molecule has 0 fully saturated rings. The van der Waals surface area contributed by atoms with Crippen LogP contribution < -0.4 is 0 Å². The summed E-state index contributed by atoms with van der Waals surface area (Å²) in [7, 11) is 0.0486. The Kier molecular flexibility index (Phi) is 7.40. The summed E-state index contributed by atoms with van der Waals surface area (Å²) in [5.41, 5.74) is 0. The van der Waals surface area contributed by atoms with Gasteiger partial charge in [-0.1, -0.05) is 0 Å². The monoisotopic (exact) mass is 148 g/mol. The molecule has 5 heteroatoms. The Bertz CT molecular complexity index is 86.5. The SMILES string of the molecule is COP(C)(=O)OC.[NaH]. The van der Waals surface area contributed by atoms with E-state index in [0.29, 0.717) is 0 Å². The van der Waals surface area contributed by atoms with Crippen LogP contribution >= 0.6 is 7.60 Å². The molecule has 0 heterocycles. The van der Waals surface area contributed by atoms with E-state index in [9.17, 15) is 4.57 Å². The molecule has 3 nitrogen and oxygen atoms in total. The number of rotatable bonds is 2. The van der Waals surface area contributed by atoms with Crippen LogP contribution in [0.3, 0.4) is 0 Å². The fraction of sp³-hybridized carbons (Fsp3) is 1.00. The van der Waals surface area contributed by atoms with Crippen molar-refractivity contribution in [3.63, 3.8) is 0 Å². The Morgan fingerprint density at radius 1 is 1.25 bits per heavy atom. The van der Waals surface area contributed by atoms with E-state index in [2.05, 4.69) is 9.05 Å².